The van der Waals surface area contributed by atoms with Crippen LogP contribution in [0.4, 0.5) is 28.8 Å². The predicted octanol–water partition coefficient (Wildman–Crippen LogP) is 3.52. The van der Waals surface area contributed by atoms with E-state index >= 15 is 0 Å². The Morgan fingerprint density at radius 1 is 1.17 bits per heavy atom. The monoisotopic (exact) mass is 424 g/mol. The van der Waals surface area contributed by atoms with Crippen LogP contribution in [0.25, 0.3) is 0 Å². The first-order valence-electron chi connectivity index (χ1n) is 9.54. The molecule has 2 heterocycles. The zero-order valence-corrected chi connectivity index (χ0v) is 17.9. The van der Waals surface area contributed by atoms with Crippen LogP contribution in [-0.2, 0) is 15.6 Å². The Morgan fingerprint density at radius 2 is 2.00 bits per heavy atom. The van der Waals surface area contributed by atoms with Gasteiger partial charge in [-0.2, -0.15) is 4.98 Å². The lowest BCUT2D eigenvalue weighted by molar-refractivity contribution is 0.601. The third-order valence-corrected chi connectivity index (χ3v) is 5.77. The maximum absolute atomic E-state index is 11.6. The molecule has 0 fully saturated rings. The fourth-order valence-corrected chi connectivity index (χ4v) is 4.19. The van der Waals surface area contributed by atoms with E-state index in [9.17, 15) is 8.42 Å². The minimum absolute atomic E-state index is 0.00794. The molecular weight excluding hydrogens is 400 g/mol. The number of aromatic nitrogens is 2. The number of rotatable bonds is 6. The summed E-state index contributed by atoms with van der Waals surface area (Å²) in [6.45, 7) is 2.11. The fourth-order valence-electron chi connectivity index (χ4n) is 3.40. The molecule has 1 aromatic heterocycles. The minimum atomic E-state index is -3.10. The van der Waals surface area contributed by atoms with Crippen molar-refractivity contribution in [2.75, 3.05) is 28.9 Å². The van der Waals surface area contributed by atoms with Crippen molar-refractivity contribution in [3.63, 3.8) is 0 Å². The maximum atomic E-state index is 11.6. The van der Waals surface area contributed by atoms with Crippen LogP contribution in [0, 0.1) is 0 Å². The molecule has 1 atom stereocenters. The van der Waals surface area contributed by atoms with Gasteiger partial charge in [0, 0.05) is 30.9 Å². The first kappa shape index (κ1) is 20.1. The van der Waals surface area contributed by atoms with Gasteiger partial charge >= 0.3 is 0 Å². The number of fused-ring (bicyclic) bond motifs is 1. The van der Waals surface area contributed by atoms with Crippen LogP contribution in [0.15, 0.2) is 54.7 Å². The van der Waals surface area contributed by atoms with Crippen molar-refractivity contribution in [1.82, 2.24) is 15.4 Å². The Morgan fingerprint density at radius 3 is 2.80 bits per heavy atom. The molecule has 0 amide bonds. The van der Waals surface area contributed by atoms with Gasteiger partial charge in [0.1, 0.15) is 5.82 Å². The molecule has 2 aromatic carbocycles. The quantitative estimate of drug-likeness (QED) is 0.553. The van der Waals surface area contributed by atoms with E-state index in [-0.39, 0.29) is 11.8 Å². The third-order valence-electron chi connectivity index (χ3n) is 4.91. The van der Waals surface area contributed by atoms with Gasteiger partial charge in [0.25, 0.3) is 0 Å². The van der Waals surface area contributed by atoms with E-state index in [1.807, 2.05) is 30.1 Å². The fraction of sp³-hybridized carbons (Fsp3) is 0.238. The molecule has 8 nitrogen and oxygen atoms in total. The van der Waals surface area contributed by atoms with Crippen molar-refractivity contribution >= 4 is 38.7 Å². The van der Waals surface area contributed by atoms with Gasteiger partial charge in [0.2, 0.25) is 5.95 Å². The molecule has 156 valence electrons. The standard InChI is InChI=1S/C21H24N6O2S/c1-14-18-8-7-17(12-19(18)26-25-14)27(2)20-9-10-22-21(24-20)23-16-6-4-5-15(11-16)13-30(3,28)29/h4-12,14,25-26H,13H2,1-3H3,(H,22,23,24). The zero-order valence-electron chi connectivity index (χ0n) is 17.0. The molecule has 0 aliphatic carbocycles. The minimum Gasteiger partial charge on any atom is -0.329 e. The van der Waals surface area contributed by atoms with E-state index < -0.39 is 9.84 Å². The lowest BCUT2D eigenvalue weighted by Crippen LogP contribution is -2.15. The Hall–Kier alpha value is -3.17. The molecule has 3 N–H and O–H groups in total. The van der Waals surface area contributed by atoms with Crippen LogP contribution in [0.1, 0.15) is 24.1 Å². The summed E-state index contributed by atoms with van der Waals surface area (Å²) in [6, 6.07) is 15.6. The SMILES string of the molecule is CC1NNc2cc(N(C)c3ccnc(Nc4cccc(CS(C)(=O)=O)c4)n3)ccc21. The van der Waals surface area contributed by atoms with E-state index in [4.69, 9.17) is 0 Å². The first-order chi connectivity index (χ1) is 14.3. The molecule has 0 saturated heterocycles. The Labute approximate surface area is 176 Å². The maximum Gasteiger partial charge on any atom is 0.229 e. The van der Waals surface area contributed by atoms with Gasteiger partial charge in [-0.3, -0.25) is 0 Å². The Balaban J connectivity index is 1.54. The summed E-state index contributed by atoms with van der Waals surface area (Å²) in [5, 5.41) is 3.16. The van der Waals surface area contributed by atoms with Gasteiger partial charge in [-0.25, -0.2) is 18.8 Å². The van der Waals surface area contributed by atoms with Crippen LogP contribution in [0.3, 0.4) is 0 Å². The van der Waals surface area contributed by atoms with Crippen LogP contribution in [0.2, 0.25) is 0 Å². The molecule has 0 bridgehead atoms. The summed E-state index contributed by atoms with van der Waals surface area (Å²) in [5.74, 6) is 1.16. The lowest BCUT2D eigenvalue weighted by Gasteiger charge is -2.19. The Kier molecular flexibility index (Phi) is 5.31. The summed E-state index contributed by atoms with van der Waals surface area (Å²) < 4.78 is 23.1. The molecule has 30 heavy (non-hydrogen) atoms. The highest BCUT2D eigenvalue weighted by Crippen LogP contribution is 2.33. The van der Waals surface area contributed by atoms with Crippen LogP contribution >= 0.6 is 0 Å². The molecule has 1 aliphatic heterocycles. The molecule has 4 rings (SSSR count). The second kappa shape index (κ2) is 7.92. The van der Waals surface area contributed by atoms with Crippen molar-refractivity contribution in [1.29, 1.82) is 0 Å². The number of nitrogens with zero attached hydrogens (tertiary/aromatic N) is 3. The first-order valence-corrected chi connectivity index (χ1v) is 11.6. The largest absolute Gasteiger partial charge is 0.329 e. The van der Waals surface area contributed by atoms with Gasteiger partial charge in [0.05, 0.1) is 17.5 Å². The van der Waals surface area contributed by atoms with Crippen molar-refractivity contribution in [3.8, 4) is 0 Å². The molecule has 1 unspecified atom stereocenters. The van der Waals surface area contributed by atoms with E-state index in [2.05, 4.69) is 51.3 Å². The number of hydrogen-bond donors (Lipinski definition) is 3. The average Bonchev–Trinajstić information content (AvgIpc) is 3.07. The van der Waals surface area contributed by atoms with Crippen molar-refractivity contribution < 1.29 is 8.42 Å². The molecule has 0 spiro atoms. The highest BCUT2D eigenvalue weighted by Gasteiger charge is 2.18. The molecule has 3 aromatic rings. The smallest absolute Gasteiger partial charge is 0.229 e. The second-order valence-electron chi connectivity index (χ2n) is 7.46. The number of benzene rings is 2. The number of anilines is 5. The topological polar surface area (TPSA) is 99.2 Å². The van der Waals surface area contributed by atoms with Gasteiger partial charge in [-0.1, -0.05) is 18.2 Å². The molecule has 0 saturated carbocycles. The van der Waals surface area contributed by atoms with Crippen LogP contribution < -0.4 is 21.1 Å². The highest BCUT2D eigenvalue weighted by atomic mass is 32.2. The van der Waals surface area contributed by atoms with E-state index in [0.717, 1.165) is 22.9 Å². The summed E-state index contributed by atoms with van der Waals surface area (Å²) >= 11 is 0. The van der Waals surface area contributed by atoms with Gasteiger partial charge in [0.15, 0.2) is 9.84 Å². The van der Waals surface area contributed by atoms with E-state index in [1.165, 1.54) is 11.8 Å². The molecule has 9 heteroatoms. The highest BCUT2D eigenvalue weighted by molar-refractivity contribution is 7.89. The van der Waals surface area contributed by atoms with E-state index in [0.29, 0.717) is 11.5 Å². The second-order valence-corrected chi connectivity index (χ2v) is 9.60. The average molecular weight is 425 g/mol. The van der Waals surface area contributed by atoms with Crippen molar-refractivity contribution in [2.24, 2.45) is 0 Å². The van der Waals surface area contributed by atoms with Crippen molar-refractivity contribution in [2.45, 2.75) is 18.7 Å². The summed E-state index contributed by atoms with van der Waals surface area (Å²) in [7, 11) is -1.15. The number of nitrogens with one attached hydrogen (secondary N) is 3. The summed E-state index contributed by atoms with van der Waals surface area (Å²) in [5.41, 5.74) is 11.1. The van der Waals surface area contributed by atoms with E-state index in [1.54, 1.807) is 18.3 Å². The zero-order chi connectivity index (χ0) is 21.3. The lowest BCUT2D eigenvalue weighted by atomic mass is 10.1. The molecule has 1 aliphatic rings. The summed E-state index contributed by atoms with van der Waals surface area (Å²) in [6.07, 6.45) is 2.91. The van der Waals surface area contributed by atoms with Gasteiger partial charge in [-0.05, 0) is 48.4 Å². The van der Waals surface area contributed by atoms with Gasteiger partial charge < -0.3 is 15.6 Å². The number of hydrogen-bond acceptors (Lipinski definition) is 8. The summed E-state index contributed by atoms with van der Waals surface area (Å²) in [4.78, 5) is 10.9. The predicted molar refractivity (Wildman–Crippen MR) is 120 cm³/mol. The Bertz CT molecular complexity index is 1180. The number of hydrazine groups is 1. The molecule has 0 radical (unpaired) electrons. The normalized spacial score (nSPS) is 15.4. The molecular formula is C21H24N6O2S. The third kappa shape index (κ3) is 4.52. The van der Waals surface area contributed by atoms with Crippen LogP contribution in [0.5, 0.6) is 0 Å². The number of sulfone groups is 1. The van der Waals surface area contributed by atoms with Gasteiger partial charge in [-0.15, -0.1) is 0 Å². The van der Waals surface area contributed by atoms with Crippen molar-refractivity contribution in [3.05, 3.63) is 65.9 Å². The van der Waals surface area contributed by atoms with Crippen LogP contribution in [-0.4, -0.2) is 31.7 Å².